The smallest absolute Gasteiger partial charge is 0.339 e. The van der Waals surface area contributed by atoms with E-state index in [0.717, 1.165) is 12.0 Å². The fraction of sp³-hybridized carbons (Fsp3) is 0.538. The van der Waals surface area contributed by atoms with E-state index in [2.05, 4.69) is 25.8 Å². The Bertz CT molecular complexity index is 427. The average molecular weight is 236 g/mol. The Morgan fingerprint density at radius 3 is 2.59 bits per heavy atom. The lowest BCUT2D eigenvalue weighted by Gasteiger charge is -2.36. The molecule has 0 bridgehead atoms. The van der Waals surface area contributed by atoms with Gasteiger partial charge in [0.1, 0.15) is 11.4 Å². The Kier molecular flexibility index (Phi) is 3.76. The molecule has 0 saturated carbocycles. The maximum Gasteiger partial charge on any atom is 0.339 e. The zero-order valence-corrected chi connectivity index (χ0v) is 11.1. The first kappa shape index (κ1) is 13.5. The maximum absolute atomic E-state index is 11.3. The minimum absolute atomic E-state index is 0.120. The van der Waals surface area contributed by atoms with Crippen molar-refractivity contribution in [2.24, 2.45) is 0 Å². The third-order valence-corrected chi connectivity index (χ3v) is 3.44. The molecule has 4 heteroatoms. The van der Waals surface area contributed by atoms with E-state index in [1.807, 2.05) is 11.9 Å². The molecule has 0 aliphatic carbocycles. The summed E-state index contributed by atoms with van der Waals surface area (Å²) in [6, 6.07) is 1.72. The van der Waals surface area contributed by atoms with Crippen LogP contribution in [-0.2, 0) is 0 Å². The molecule has 1 N–H and O–H groups in total. The Balaban J connectivity index is 3.32. The quantitative estimate of drug-likeness (QED) is 0.873. The number of hydrogen-bond donors (Lipinski definition) is 1. The SMILES string of the molecule is CCC(C)(C)N(C)c1nccc(C)c1C(=O)O. The molecule has 0 unspecified atom stereocenters. The van der Waals surface area contributed by atoms with Gasteiger partial charge in [-0.15, -0.1) is 0 Å². The largest absolute Gasteiger partial charge is 0.478 e. The lowest BCUT2D eigenvalue weighted by atomic mass is 9.98. The van der Waals surface area contributed by atoms with Crippen LogP contribution in [0.1, 0.15) is 43.1 Å². The van der Waals surface area contributed by atoms with Crippen LogP contribution in [0.15, 0.2) is 12.3 Å². The van der Waals surface area contributed by atoms with Crippen molar-refractivity contribution in [2.45, 2.75) is 39.7 Å². The zero-order valence-electron chi connectivity index (χ0n) is 11.1. The molecule has 0 aromatic carbocycles. The molecule has 0 radical (unpaired) electrons. The second-order valence-electron chi connectivity index (χ2n) is 4.86. The second kappa shape index (κ2) is 4.73. The molecule has 1 aromatic heterocycles. The third-order valence-electron chi connectivity index (χ3n) is 3.44. The first-order valence-electron chi connectivity index (χ1n) is 5.74. The summed E-state index contributed by atoms with van der Waals surface area (Å²) in [6.45, 7) is 8.01. The van der Waals surface area contributed by atoms with Crippen molar-refractivity contribution in [3.63, 3.8) is 0 Å². The lowest BCUT2D eigenvalue weighted by Crippen LogP contribution is -2.42. The number of anilines is 1. The molecule has 0 spiro atoms. The highest BCUT2D eigenvalue weighted by Crippen LogP contribution is 2.27. The topological polar surface area (TPSA) is 53.4 Å². The number of carboxylic acid groups (broad SMARTS) is 1. The van der Waals surface area contributed by atoms with E-state index in [1.54, 1.807) is 19.2 Å². The summed E-state index contributed by atoms with van der Waals surface area (Å²) in [7, 11) is 1.89. The highest BCUT2D eigenvalue weighted by molar-refractivity contribution is 5.95. The summed E-state index contributed by atoms with van der Waals surface area (Å²) in [4.78, 5) is 17.4. The van der Waals surface area contributed by atoms with Crippen LogP contribution in [0.2, 0.25) is 0 Å². The van der Waals surface area contributed by atoms with Gasteiger partial charge in [0.25, 0.3) is 0 Å². The molecule has 4 nitrogen and oxygen atoms in total. The Morgan fingerprint density at radius 1 is 1.53 bits per heavy atom. The van der Waals surface area contributed by atoms with Gasteiger partial charge in [0.2, 0.25) is 0 Å². The minimum Gasteiger partial charge on any atom is -0.478 e. The van der Waals surface area contributed by atoms with Crippen LogP contribution in [0.25, 0.3) is 0 Å². The minimum atomic E-state index is -0.927. The van der Waals surface area contributed by atoms with E-state index in [9.17, 15) is 9.90 Å². The molecule has 0 atom stereocenters. The fourth-order valence-corrected chi connectivity index (χ4v) is 1.59. The first-order chi connectivity index (χ1) is 7.81. The number of carbonyl (C=O) groups is 1. The van der Waals surface area contributed by atoms with Crippen molar-refractivity contribution in [3.05, 3.63) is 23.4 Å². The van der Waals surface area contributed by atoms with E-state index >= 15 is 0 Å². The number of rotatable bonds is 4. The number of aromatic carboxylic acids is 1. The molecular formula is C13H20N2O2. The van der Waals surface area contributed by atoms with Crippen LogP contribution in [0.3, 0.4) is 0 Å². The molecule has 0 amide bonds. The van der Waals surface area contributed by atoms with Crippen LogP contribution in [-0.4, -0.2) is 28.6 Å². The van der Waals surface area contributed by atoms with Crippen LogP contribution >= 0.6 is 0 Å². The summed E-state index contributed by atoms with van der Waals surface area (Å²) in [5.74, 6) is -0.395. The van der Waals surface area contributed by atoms with E-state index < -0.39 is 5.97 Å². The Morgan fingerprint density at radius 2 is 2.12 bits per heavy atom. The van der Waals surface area contributed by atoms with Gasteiger partial charge in [-0.05, 0) is 38.8 Å². The molecular weight excluding hydrogens is 216 g/mol. The number of carboxylic acids is 1. The van der Waals surface area contributed by atoms with Crippen LogP contribution in [0.5, 0.6) is 0 Å². The zero-order chi connectivity index (χ0) is 13.2. The lowest BCUT2D eigenvalue weighted by molar-refractivity contribution is 0.0696. The van der Waals surface area contributed by atoms with Crippen molar-refractivity contribution >= 4 is 11.8 Å². The molecule has 0 saturated heterocycles. The van der Waals surface area contributed by atoms with Gasteiger partial charge in [0.15, 0.2) is 0 Å². The summed E-state index contributed by atoms with van der Waals surface area (Å²) in [5.41, 5.74) is 0.906. The van der Waals surface area contributed by atoms with E-state index in [0.29, 0.717) is 5.82 Å². The number of nitrogens with zero attached hydrogens (tertiary/aromatic N) is 2. The molecule has 0 fully saturated rings. The van der Waals surface area contributed by atoms with E-state index in [-0.39, 0.29) is 11.1 Å². The monoisotopic (exact) mass is 236 g/mol. The van der Waals surface area contributed by atoms with Crippen molar-refractivity contribution in [2.75, 3.05) is 11.9 Å². The molecule has 1 aromatic rings. The summed E-state index contributed by atoms with van der Waals surface area (Å²) < 4.78 is 0. The van der Waals surface area contributed by atoms with Gasteiger partial charge in [-0.3, -0.25) is 0 Å². The Hall–Kier alpha value is -1.58. The van der Waals surface area contributed by atoms with Gasteiger partial charge in [-0.1, -0.05) is 6.92 Å². The molecule has 94 valence electrons. The standard InChI is InChI=1S/C13H20N2O2/c1-6-13(3,4)15(5)11-10(12(16)17)9(2)7-8-14-11/h7-8H,6H2,1-5H3,(H,16,17). The van der Waals surface area contributed by atoms with Crippen molar-refractivity contribution in [3.8, 4) is 0 Å². The summed E-state index contributed by atoms with van der Waals surface area (Å²) in [6.07, 6.45) is 2.57. The van der Waals surface area contributed by atoms with Gasteiger partial charge in [0.05, 0.1) is 0 Å². The molecule has 1 rings (SSSR count). The highest BCUT2D eigenvalue weighted by atomic mass is 16.4. The van der Waals surface area contributed by atoms with Crippen LogP contribution < -0.4 is 4.90 Å². The van der Waals surface area contributed by atoms with E-state index in [1.165, 1.54) is 0 Å². The van der Waals surface area contributed by atoms with Crippen molar-refractivity contribution < 1.29 is 9.90 Å². The van der Waals surface area contributed by atoms with E-state index in [4.69, 9.17) is 0 Å². The molecule has 0 aliphatic rings. The predicted molar refractivity (Wildman–Crippen MR) is 68.7 cm³/mol. The van der Waals surface area contributed by atoms with Crippen molar-refractivity contribution in [1.29, 1.82) is 0 Å². The summed E-state index contributed by atoms with van der Waals surface area (Å²) in [5, 5.41) is 9.27. The van der Waals surface area contributed by atoms with Gasteiger partial charge in [-0.2, -0.15) is 0 Å². The number of aryl methyl sites for hydroxylation is 1. The average Bonchev–Trinajstić information content (AvgIpc) is 2.27. The number of pyridine rings is 1. The van der Waals surface area contributed by atoms with Crippen LogP contribution in [0.4, 0.5) is 5.82 Å². The first-order valence-corrected chi connectivity index (χ1v) is 5.74. The summed E-state index contributed by atoms with van der Waals surface area (Å²) >= 11 is 0. The highest BCUT2D eigenvalue weighted by Gasteiger charge is 2.27. The third kappa shape index (κ3) is 2.57. The number of hydrogen-bond acceptors (Lipinski definition) is 3. The van der Waals surface area contributed by atoms with Gasteiger partial charge in [0, 0.05) is 18.8 Å². The molecule has 17 heavy (non-hydrogen) atoms. The normalized spacial score (nSPS) is 11.4. The molecule has 1 heterocycles. The van der Waals surface area contributed by atoms with Gasteiger partial charge < -0.3 is 10.0 Å². The van der Waals surface area contributed by atoms with Gasteiger partial charge in [-0.25, -0.2) is 9.78 Å². The maximum atomic E-state index is 11.3. The predicted octanol–water partition coefficient (Wildman–Crippen LogP) is 2.71. The van der Waals surface area contributed by atoms with Crippen molar-refractivity contribution in [1.82, 2.24) is 4.98 Å². The van der Waals surface area contributed by atoms with Gasteiger partial charge >= 0.3 is 5.97 Å². The fourth-order valence-electron chi connectivity index (χ4n) is 1.59. The van der Waals surface area contributed by atoms with Crippen LogP contribution in [0, 0.1) is 6.92 Å². The second-order valence-corrected chi connectivity index (χ2v) is 4.86. The number of aromatic nitrogens is 1. The molecule has 0 aliphatic heterocycles. The Labute approximate surface area is 102 Å².